The van der Waals surface area contributed by atoms with E-state index in [2.05, 4.69) is 194 Å². The molecule has 3 heteroatoms. The van der Waals surface area contributed by atoms with Crippen molar-refractivity contribution in [2.45, 2.75) is 0 Å². The third-order valence-corrected chi connectivity index (χ3v) is 9.52. The molecule has 7 aromatic carbocycles. The maximum Gasteiger partial charge on any atom is 0.160 e. The van der Waals surface area contributed by atoms with E-state index in [0.717, 1.165) is 83.5 Å². The molecule has 52 heavy (non-hydrogen) atoms. The molecule has 0 unspecified atom stereocenters. The monoisotopic (exact) mass is 663 g/mol. The molecule has 0 bridgehead atoms. The van der Waals surface area contributed by atoms with Gasteiger partial charge < -0.3 is 0 Å². The van der Waals surface area contributed by atoms with E-state index >= 15 is 0 Å². The second-order valence-electron chi connectivity index (χ2n) is 12.9. The van der Waals surface area contributed by atoms with Crippen LogP contribution in [0.1, 0.15) is 0 Å². The van der Waals surface area contributed by atoms with Gasteiger partial charge >= 0.3 is 0 Å². The maximum absolute atomic E-state index is 5.34. The molecule has 2 aromatic heterocycles. The molecule has 0 aliphatic carbocycles. The third kappa shape index (κ3) is 6.17. The number of hydrogen-bond acceptors (Lipinski definition) is 3. The minimum Gasteiger partial charge on any atom is -0.256 e. The number of pyridine rings is 1. The summed E-state index contributed by atoms with van der Waals surface area (Å²) in [6, 6.07) is 67.9. The topological polar surface area (TPSA) is 38.7 Å². The molecule has 0 aliphatic heterocycles. The van der Waals surface area contributed by atoms with Crippen LogP contribution in [0.15, 0.2) is 200 Å². The lowest BCUT2D eigenvalue weighted by atomic mass is 9.93. The van der Waals surface area contributed by atoms with Gasteiger partial charge in [0.1, 0.15) is 0 Å². The second kappa shape index (κ2) is 13.7. The Labute approximate surface area is 303 Å². The van der Waals surface area contributed by atoms with Crippen molar-refractivity contribution in [3.05, 3.63) is 200 Å². The Morgan fingerprint density at radius 3 is 1.54 bits per heavy atom. The van der Waals surface area contributed by atoms with Gasteiger partial charge in [-0.15, -0.1) is 0 Å². The number of aromatic nitrogens is 3. The summed E-state index contributed by atoms with van der Waals surface area (Å²) in [7, 11) is 0. The van der Waals surface area contributed by atoms with Gasteiger partial charge in [0.25, 0.3) is 0 Å². The van der Waals surface area contributed by atoms with Gasteiger partial charge in [0.05, 0.1) is 17.1 Å². The van der Waals surface area contributed by atoms with E-state index in [1.807, 2.05) is 6.20 Å². The molecular weight excluding hydrogens is 631 g/mol. The van der Waals surface area contributed by atoms with E-state index in [1.165, 1.54) is 0 Å². The van der Waals surface area contributed by atoms with E-state index in [9.17, 15) is 0 Å². The Kier molecular flexibility index (Phi) is 8.20. The zero-order valence-corrected chi connectivity index (χ0v) is 28.4. The summed E-state index contributed by atoms with van der Waals surface area (Å²) < 4.78 is 0. The fraction of sp³-hybridized carbons (Fsp3) is 0. The lowest BCUT2D eigenvalue weighted by molar-refractivity contribution is 1.18. The van der Waals surface area contributed by atoms with Gasteiger partial charge in [0.2, 0.25) is 0 Å². The number of hydrogen-bond donors (Lipinski definition) is 0. The zero-order chi connectivity index (χ0) is 34.7. The van der Waals surface area contributed by atoms with Crippen LogP contribution >= 0.6 is 0 Å². The first kappa shape index (κ1) is 31.0. The van der Waals surface area contributed by atoms with Gasteiger partial charge in [-0.2, -0.15) is 0 Å². The van der Waals surface area contributed by atoms with Crippen LogP contribution in [0.2, 0.25) is 0 Å². The molecule has 0 spiro atoms. The predicted molar refractivity (Wildman–Crippen MR) is 215 cm³/mol. The van der Waals surface area contributed by atoms with Gasteiger partial charge in [0.15, 0.2) is 5.82 Å². The maximum atomic E-state index is 5.34. The minimum atomic E-state index is 0.656. The number of fused-ring (bicyclic) bond motifs is 1. The van der Waals surface area contributed by atoms with E-state index in [0.29, 0.717) is 5.82 Å². The molecule has 2 heterocycles. The van der Waals surface area contributed by atoms with Crippen LogP contribution in [-0.4, -0.2) is 15.0 Å². The van der Waals surface area contributed by atoms with Crippen LogP contribution < -0.4 is 0 Å². The number of rotatable bonds is 7. The molecule has 0 N–H and O–H groups in total. The number of nitrogens with zero attached hydrogens (tertiary/aromatic N) is 3. The van der Waals surface area contributed by atoms with Gasteiger partial charge in [-0.25, -0.2) is 9.97 Å². The molecule has 0 atom stereocenters. The van der Waals surface area contributed by atoms with E-state index < -0.39 is 0 Å². The highest BCUT2D eigenvalue weighted by Gasteiger charge is 2.17. The smallest absolute Gasteiger partial charge is 0.160 e. The van der Waals surface area contributed by atoms with Crippen LogP contribution in [-0.2, 0) is 0 Å². The standard InChI is InChI=1S/C49H33N3/c1-4-15-34(16-5-1)40-30-41(35-17-6-2-7-18-35)32-42(31-40)46-33-47(45-26-13-12-24-43(45)36-19-8-3-9-20-36)52-49(51-46)39-23-14-22-38(29-39)48-44-25-11-10-21-37(44)27-28-50-48/h1-33H. The average Bonchev–Trinajstić information content (AvgIpc) is 3.24. The quantitative estimate of drug-likeness (QED) is 0.170. The molecule has 0 amide bonds. The van der Waals surface area contributed by atoms with Crippen LogP contribution in [0.25, 0.3) is 89.3 Å². The normalized spacial score (nSPS) is 11.1. The highest BCUT2D eigenvalue weighted by atomic mass is 14.9. The molecule has 9 aromatic rings. The molecule has 0 fully saturated rings. The molecule has 0 saturated carbocycles. The van der Waals surface area contributed by atoms with Crippen LogP contribution in [0.4, 0.5) is 0 Å². The van der Waals surface area contributed by atoms with Crippen LogP contribution in [0, 0.1) is 0 Å². The summed E-state index contributed by atoms with van der Waals surface area (Å²) in [5.41, 5.74) is 13.5. The first-order valence-corrected chi connectivity index (χ1v) is 17.5. The van der Waals surface area contributed by atoms with Crippen molar-refractivity contribution in [1.82, 2.24) is 15.0 Å². The predicted octanol–water partition coefficient (Wildman–Crippen LogP) is 12.7. The minimum absolute atomic E-state index is 0.656. The summed E-state index contributed by atoms with van der Waals surface area (Å²) in [6.45, 7) is 0. The summed E-state index contributed by atoms with van der Waals surface area (Å²) in [5.74, 6) is 0.656. The Morgan fingerprint density at radius 1 is 0.308 bits per heavy atom. The number of benzene rings is 7. The summed E-state index contributed by atoms with van der Waals surface area (Å²) in [6.07, 6.45) is 1.88. The molecule has 0 saturated heterocycles. The second-order valence-corrected chi connectivity index (χ2v) is 12.9. The fourth-order valence-electron chi connectivity index (χ4n) is 6.96. The van der Waals surface area contributed by atoms with E-state index in [-0.39, 0.29) is 0 Å². The van der Waals surface area contributed by atoms with Crippen LogP contribution in [0.5, 0.6) is 0 Å². The fourth-order valence-corrected chi connectivity index (χ4v) is 6.96. The molecule has 0 radical (unpaired) electrons. The largest absolute Gasteiger partial charge is 0.256 e. The van der Waals surface area contributed by atoms with Crippen molar-refractivity contribution in [2.75, 3.05) is 0 Å². The Hall–Kier alpha value is -6.97. The zero-order valence-electron chi connectivity index (χ0n) is 28.4. The van der Waals surface area contributed by atoms with Crippen molar-refractivity contribution in [3.63, 3.8) is 0 Å². The van der Waals surface area contributed by atoms with Gasteiger partial charge in [-0.05, 0) is 75.2 Å². The van der Waals surface area contributed by atoms with Crippen molar-refractivity contribution in [2.24, 2.45) is 0 Å². The lowest BCUT2D eigenvalue weighted by Crippen LogP contribution is -1.98. The molecule has 0 aliphatic rings. The van der Waals surface area contributed by atoms with Gasteiger partial charge in [-0.3, -0.25) is 4.98 Å². The SMILES string of the molecule is c1ccc(-c2cc(-c3ccccc3)cc(-c3cc(-c4ccccc4-c4ccccc4)nc(-c4cccc(-c5nccc6ccccc56)c4)n3)c2)cc1. The molecule has 244 valence electrons. The van der Waals surface area contributed by atoms with Crippen molar-refractivity contribution >= 4 is 10.8 Å². The first-order chi connectivity index (χ1) is 25.8. The van der Waals surface area contributed by atoms with Crippen LogP contribution in [0.3, 0.4) is 0 Å². The Bertz CT molecular complexity index is 2610. The van der Waals surface area contributed by atoms with E-state index in [4.69, 9.17) is 15.0 Å². The van der Waals surface area contributed by atoms with Crippen molar-refractivity contribution < 1.29 is 0 Å². The Balaban J connectivity index is 1.27. The molecule has 3 nitrogen and oxygen atoms in total. The van der Waals surface area contributed by atoms with E-state index in [1.54, 1.807) is 0 Å². The average molecular weight is 664 g/mol. The summed E-state index contributed by atoms with van der Waals surface area (Å²) in [5, 5.41) is 2.27. The molecule has 9 rings (SSSR count). The van der Waals surface area contributed by atoms with Crippen molar-refractivity contribution in [3.8, 4) is 78.5 Å². The Morgan fingerprint density at radius 2 is 0.827 bits per heavy atom. The van der Waals surface area contributed by atoms with Crippen molar-refractivity contribution in [1.29, 1.82) is 0 Å². The van der Waals surface area contributed by atoms with Gasteiger partial charge in [0, 0.05) is 33.8 Å². The van der Waals surface area contributed by atoms with Gasteiger partial charge in [-0.1, -0.05) is 158 Å². The lowest BCUT2D eigenvalue weighted by Gasteiger charge is -2.15. The highest BCUT2D eigenvalue weighted by molar-refractivity contribution is 5.95. The molecular formula is C49H33N3. The summed E-state index contributed by atoms with van der Waals surface area (Å²) in [4.78, 5) is 15.5. The first-order valence-electron chi connectivity index (χ1n) is 17.5. The highest BCUT2D eigenvalue weighted by Crippen LogP contribution is 2.38. The third-order valence-electron chi connectivity index (χ3n) is 9.52. The summed E-state index contributed by atoms with van der Waals surface area (Å²) >= 11 is 0.